The Labute approximate surface area is 115 Å². The van der Waals surface area contributed by atoms with Crippen LogP contribution in [-0.4, -0.2) is 18.1 Å². The molecular weight excluding hydrogens is 300 g/mol. The number of anilines is 1. The number of rotatable bonds is 1. The van der Waals surface area contributed by atoms with Crippen LogP contribution in [-0.2, 0) is 0 Å². The summed E-state index contributed by atoms with van der Waals surface area (Å²) in [6.45, 7) is 0. The maximum atomic E-state index is 6.33. The SMILES string of the molecule is NC1CC2CCC(C1)N2c1cc(Br)ccc1Cl. The summed E-state index contributed by atoms with van der Waals surface area (Å²) < 4.78 is 1.09. The number of halogens is 2. The summed E-state index contributed by atoms with van der Waals surface area (Å²) in [6.07, 6.45) is 4.70. The van der Waals surface area contributed by atoms with Crippen LogP contribution in [0.3, 0.4) is 0 Å². The van der Waals surface area contributed by atoms with E-state index in [0.717, 1.165) is 22.3 Å². The normalized spacial score (nSPS) is 31.9. The second-order valence-electron chi connectivity index (χ2n) is 5.12. The third-order valence-corrected chi connectivity index (χ3v) is 4.77. The first kappa shape index (κ1) is 11.8. The van der Waals surface area contributed by atoms with Gasteiger partial charge in [-0.25, -0.2) is 0 Å². The molecule has 0 aromatic heterocycles. The van der Waals surface area contributed by atoms with Crippen LogP contribution in [0.4, 0.5) is 5.69 Å². The minimum atomic E-state index is 0.370. The summed E-state index contributed by atoms with van der Waals surface area (Å²) in [5, 5.41) is 0.848. The van der Waals surface area contributed by atoms with Crippen LogP contribution >= 0.6 is 27.5 Å². The molecule has 1 aromatic rings. The molecular formula is C13H16BrClN2. The van der Waals surface area contributed by atoms with E-state index in [4.69, 9.17) is 17.3 Å². The van der Waals surface area contributed by atoms with Crippen molar-refractivity contribution in [2.24, 2.45) is 5.73 Å². The zero-order chi connectivity index (χ0) is 12.0. The zero-order valence-electron chi connectivity index (χ0n) is 9.57. The highest BCUT2D eigenvalue weighted by molar-refractivity contribution is 9.10. The third kappa shape index (κ3) is 2.09. The van der Waals surface area contributed by atoms with E-state index in [1.54, 1.807) is 0 Å². The first-order valence-electron chi connectivity index (χ1n) is 6.14. The van der Waals surface area contributed by atoms with Gasteiger partial charge in [0.2, 0.25) is 0 Å². The lowest BCUT2D eigenvalue weighted by molar-refractivity contribution is 0.414. The fourth-order valence-electron chi connectivity index (χ4n) is 3.30. The molecule has 2 aliphatic rings. The van der Waals surface area contributed by atoms with Crippen molar-refractivity contribution in [2.45, 2.75) is 43.8 Å². The van der Waals surface area contributed by atoms with Gasteiger partial charge in [0.15, 0.2) is 0 Å². The monoisotopic (exact) mass is 314 g/mol. The van der Waals surface area contributed by atoms with Gasteiger partial charge < -0.3 is 10.6 Å². The predicted molar refractivity (Wildman–Crippen MR) is 75.7 cm³/mol. The van der Waals surface area contributed by atoms with Crippen LogP contribution in [0.25, 0.3) is 0 Å². The molecule has 92 valence electrons. The molecule has 2 N–H and O–H groups in total. The molecule has 3 rings (SSSR count). The van der Waals surface area contributed by atoms with E-state index in [1.807, 2.05) is 12.1 Å². The maximum absolute atomic E-state index is 6.33. The number of nitrogens with two attached hydrogens (primary N) is 1. The van der Waals surface area contributed by atoms with Crippen molar-refractivity contribution in [3.05, 3.63) is 27.7 Å². The largest absolute Gasteiger partial charge is 0.364 e. The van der Waals surface area contributed by atoms with Gasteiger partial charge in [0.05, 0.1) is 10.7 Å². The van der Waals surface area contributed by atoms with Crippen molar-refractivity contribution in [3.63, 3.8) is 0 Å². The van der Waals surface area contributed by atoms with E-state index < -0.39 is 0 Å². The minimum absolute atomic E-state index is 0.370. The fourth-order valence-corrected chi connectivity index (χ4v) is 3.86. The van der Waals surface area contributed by atoms with E-state index >= 15 is 0 Å². The van der Waals surface area contributed by atoms with Crippen LogP contribution in [0.5, 0.6) is 0 Å². The second-order valence-corrected chi connectivity index (χ2v) is 6.44. The van der Waals surface area contributed by atoms with Gasteiger partial charge in [0.1, 0.15) is 0 Å². The van der Waals surface area contributed by atoms with E-state index in [9.17, 15) is 0 Å². The minimum Gasteiger partial charge on any atom is -0.364 e. The maximum Gasteiger partial charge on any atom is 0.0640 e. The Bertz CT molecular complexity index is 423. The first-order valence-corrected chi connectivity index (χ1v) is 7.31. The Morgan fingerprint density at radius 1 is 1.24 bits per heavy atom. The average Bonchev–Trinajstić information content (AvgIpc) is 2.54. The third-order valence-electron chi connectivity index (χ3n) is 3.96. The Morgan fingerprint density at radius 2 is 1.88 bits per heavy atom. The van der Waals surface area contributed by atoms with E-state index in [1.165, 1.54) is 18.5 Å². The molecule has 1 aromatic carbocycles. The smallest absolute Gasteiger partial charge is 0.0640 e. The molecule has 2 bridgehead atoms. The summed E-state index contributed by atoms with van der Waals surface area (Å²) in [5.74, 6) is 0. The van der Waals surface area contributed by atoms with Crippen LogP contribution < -0.4 is 10.6 Å². The van der Waals surface area contributed by atoms with E-state index in [0.29, 0.717) is 18.1 Å². The van der Waals surface area contributed by atoms with Crippen molar-refractivity contribution in [1.29, 1.82) is 0 Å². The van der Waals surface area contributed by atoms with Gasteiger partial charge in [-0.2, -0.15) is 0 Å². The summed E-state index contributed by atoms with van der Waals surface area (Å²) in [5.41, 5.74) is 7.26. The molecule has 2 fully saturated rings. The van der Waals surface area contributed by atoms with Gasteiger partial charge in [-0.05, 0) is 43.9 Å². The molecule has 4 heteroatoms. The molecule has 2 saturated heterocycles. The highest BCUT2D eigenvalue weighted by Crippen LogP contribution is 2.42. The number of benzene rings is 1. The van der Waals surface area contributed by atoms with Crippen molar-refractivity contribution in [1.82, 2.24) is 0 Å². The summed E-state index contributed by atoms with van der Waals surface area (Å²) in [4.78, 5) is 2.50. The number of nitrogens with zero attached hydrogens (tertiary/aromatic N) is 1. The molecule has 2 atom stereocenters. The summed E-state index contributed by atoms with van der Waals surface area (Å²) in [6, 6.07) is 7.61. The lowest BCUT2D eigenvalue weighted by atomic mass is 9.97. The van der Waals surface area contributed by atoms with E-state index in [2.05, 4.69) is 26.9 Å². The number of fused-ring (bicyclic) bond motifs is 2. The molecule has 0 saturated carbocycles. The van der Waals surface area contributed by atoms with Gasteiger partial charge in [0, 0.05) is 22.6 Å². The van der Waals surface area contributed by atoms with Gasteiger partial charge in [-0.15, -0.1) is 0 Å². The molecule has 2 aliphatic heterocycles. The molecule has 2 unspecified atom stereocenters. The Morgan fingerprint density at radius 3 is 2.53 bits per heavy atom. The van der Waals surface area contributed by atoms with Crippen molar-refractivity contribution in [3.8, 4) is 0 Å². The van der Waals surface area contributed by atoms with Crippen LogP contribution in [0.1, 0.15) is 25.7 Å². The van der Waals surface area contributed by atoms with Gasteiger partial charge in [0.25, 0.3) is 0 Å². The molecule has 0 radical (unpaired) electrons. The van der Waals surface area contributed by atoms with Crippen LogP contribution in [0, 0.1) is 0 Å². The van der Waals surface area contributed by atoms with Crippen molar-refractivity contribution in [2.75, 3.05) is 4.90 Å². The molecule has 2 nitrogen and oxygen atoms in total. The molecule has 0 spiro atoms. The van der Waals surface area contributed by atoms with Gasteiger partial charge in [-0.1, -0.05) is 27.5 Å². The molecule has 17 heavy (non-hydrogen) atoms. The number of piperidine rings is 1. The number of hydrogen-bond acceptors (Lipinski definition) is 2. The standard InChI is InChI=1S/C13H16BrClN2/c14-8-1-4-12(15)13(5-8)17-10-2-3-11(17)7-9(16)6-10/h1,4-5,9-11H,2-3,6-7,16H2. The fraction of sp³-hybridized carbons (Fsp3) is 0.538. The second kappa shape index (κ2) is 4.45. The van der Waals surface area contributed by atoms with E-state index in [-0.39, 0.29) is 0 Å². The molecule has 0 aliphatic carbocycles. The topological polar surface area (TPSA) is 29.3 Å². The highest BCUT2D eigenvalue weighted by Gasteiger charge is 2.40. The van der Waals surface area contributed by atoms with Crippen molar-refractivity contribution < 1.29 is 0 Å². The lowest BCUT2D eigenvalue weighted by Gasteiger charge is -2.40. The molecule has 2 heterocycles. The molecule has 0 amide bonds. The number of hydrogen-bond donors (Lipinski definition) is 1. The first-order chi connectivity index (χ1) is 8.15. The quantitative estimate of drug-likeness (QED) is 0.858. The Hall–Kier alpha value is -0.250. The van der Waals surface area contributed by atoms with Gasteiger partial charge in [-0.3, -0.25) is 0 Å². The van der Waals surface area contributed by atoms with Crippen molar-refractivity contribution >= 4 is 33.2 Å². The Balaban J connectivity index is 1.97. The summed E-state index contributed by atoms with van der Waals surface area (Å²) >= 11 is 9.86. The summed E-state index contributed by atoms with van der Waals surface area (Å²) in [7, 11) is 0. The highest BCUT2D eigenvalue weighted by atomic mass is 79.9. The lowest BCUT2D eigenvalue weighted by Crippen LogP contribution is -2.47. The van der Waals surface area contributed by atoms with Crippen LogP contribution in [0.2, 0.25) is 5.02 Å². The average molecular weight is 316 g/mol. The predicted octanol–water partition coefficient (Wildman–Crippen LogP) is 3.56. The van der Waals surface area contributed by atoms with Crippen LogP contribution in [0.15, 0.2) is 22.7 Å². The Kier molecular flexibility index (Phi) is 3.09. The zero-order valence-corrected chi connectivity index (χ0v) is 11.9. The van der Waals surface area contributed by atoms with Gasteiger partial charge >= 0.3 is 0 Å².